The van der Waals surface area contributed by atoms with E-state index in [-0.39, 0.29) is 0 Å². The molecule has 0 spiro atoms. The Bertz CT molecular complexity index is 216. The zero-order valence-corrected chi connectivity index (χ0v) is 12.9. The molecule has 0 amide bonds. The molecule has 0 saturated carbocycles. The molecule has 0 aliphatic carbocycles. The van der Waals surface area contributed by atoms with Gasteiger partial charge in [-0.1, -0.05) is 13.8 Å². The average Bonchev–Trinajstić information content (AvgIpc) is 2.34. The monoisotopic (exact) mass is 255 g/mol. The summed E-state index contributed by atoms with van der Waals surface area (Å²) in [4.78, 5) is 5.01. The van der Waals surface area contributed by atoms with Gasteiger partial charge in [-0.2, -0.15) is 0 Å². The second-order valence-corrected chi connectivity index (χ2v) is 6.58. The summed E-state index contributed by atoms with van der Waals surface area (Å²) in [6.45, 7) is 9.20. The van der Waals surface area contributed by atoms with Gasteiger partial charge < -0.3 is 15.5 Å². The Balaban J connectivity index is 2.28. The zero-order valence-electron chi connectivity index (χ0n) is 12.9. The lowest BCUT2D eigenvalue weighted by atomic mass is 9.93. The zero-order chi connectivity index (χ0) is 13.5. The van der Waals surface area contributed by atoms with Gasteiger partial charge in [0.05, 0.1) is 0 Å². The Morgan fingerprint density at radius 2 is 2.06 bits per heavy atom. The van der Waals surface area contributed by atoms with E-state index >= 15 is 0 Å². The third-order valence-corrected chi connectivity index (χ3v) is 4.20. The Morgan fingerprint density at radius 3 is 2.61 bits per heavy atom. The van der Waals surface area contributed by atoms with Crippen LogP contribution in [0.3, 0.4) is 0 Å². The van der Waals surface area contributed by atoms with E-state index in [1.165, 1.54) is 45.3 Å². The van der Waals surface area contributed by atoms with E-state index in [4.69, 9.17) is 5.73 Å². The molecule has 3 heteroatoms. The smallest absolute Gasteiger partial charge is 0.0217 e. The molecule has 18 heavy (non-hydrogen) atoms. The fourth-order valence-corrected chi connectivity index (χ4v) is 3.02. The van der Waals surface area contributed by atoms with E-state index in [9.17, 15) is 0 Å². The summed E-state index contributed by atoms with van der Waals surface area (Å²) in [6, 6.07) is 0.750. The van der Waals surface area contributed by atoms with Crippen molar-refractivity contribution in [2.45, 2.75) is 45.6 Å². The van der Waals surface area contributed by atoms with Crippen LogP contribution >= 0.6 is 0 Å². The number of likely N-dealkylation sites (tertiary alicyclic amines) is 1. The third kappa shape index (κ3) is 5.68. The van der Waals surface area contributed by atoms with Crippen LogP contribution in [0.25, 0.3) is 0 Å². The number of hydrogen-bond donors (Lipinski definition) is 1. The summed E-state index contributed by atoms with van der Waals surface area (Å²) in [5.41, 5.74) is 5.89. The van der Waals surface area contributed by atoms with E-state index < -0.39 is 0 Å². The lowest BCUT2D eigenvalue weighted by Crippen LogP contribution is -2.45. The standard InChI is InChI=1S/C15H33N3/c1-13(2)10-14(11-16)7-9-18-8-5-6-15(12-18)17(3)4/h13-15H,5-12,16H2,1-4H3. The van der Waals surface area contributed by atoms with Crippen molar-refractivity contribution in [1.29, 1.82) is 0 Å². The lowest BCUT2D eigenvalue weighted by Gasteiger charge is -2.36. The van der Waals surface area contributed by atoms with E-state index in [1.807, 2.05) is 0 Å². The normalized spacial score (nSPS) is 23.8. The van der Waals surface area contributed by atoms with Crippen LogP contribution in [0.1, 0.15) is 39.5 Å². The first kappa shape index (κ1) is 15.9. The highest BCUT2D eigenvalue weighted by Crippen LogP contribution is 2.18. The number of hydrogen-bond acceptors (Lipinski definition) is 3. The topological polar surface area (TPSA) is 32.5 Å². The third-order valence-electron chi connectivity index (χ3n) is 4.20. The Hall–Kier alpha value is -0.120. The van der Waals surface area contributed by atoms with Crippen LogP contribution < -0.4 is 5.73 Å². The summed E-state index contributed by atoms with van der Waals surface area (Å²) in [5, 5.41) is 0. The van der Waals surface area contributed by atoms with Gasteiger partial charge in [0.15, 0.2) is 0 Å². The second kappa shape index (κ2) is 8.13. The molecule has 108 valence electrons. The largest absolute Gasteiger partial charge is 0.330 e. The van der Waals surface area contributed by atoms with Crippen molar-refractivity contribution < 1.29 is 0 Å². The molecule has 2 N–H and O–H groups in total. The maximum Gasteiger partial charge on any atom is 0.0217 e. The van der Waals surface area contributed by atoms with Crippen LogP contribution in [0.4, 0.5) is 0 Å². The van der Waals surface area contributed by atoms with Gasteiger partial charge in [-0.05, 0) is 71.2 Å². The molecule has 2 atom stereocenters. The minimum absolute atomic E-state index is 0.713. The molecule has 3 nitrogen and oxygen atoms in total. The van der Waals surface area contributed by atoms with E-state index in [2.05, 4.69) is 37.7 Å². The first-order chi connectivity index (χ1) is 8.52. The van der Waals surface area contributed by atoms with Crippen molar-refractivity contribution in [2.75, 3.05) is 40.3 Å². The molecular formula is C15H33N3. The molecule has 1 fully saturated rings. The minimum Gasteiger partial charge on any atom is -0.330 e. The van der Waals surface area contributed by atoms with Crippen LogP contribution in [0.15, 0.2) is 0 Å². The van der Waals surface area contributed by atoms with Gasteiger partial charge in [0.1, 0.15) is 0 Å². The second-order valence-electron chi connectivity index (χ2n) is 6.58. The molecular weight excluding hydrogens is 222 g/mol. The van der Waals surface area contributed by atoms with Crippen LogP contribution in [0, 0.1) is 11.8 Å². The Labute approximate surface area is 114 Å². The van der Waals surface area contributed by atoms with E-state index in [1.54, 1.807) is 0 Å². The van der Waals surface area contributed by atoms with Gasteiger partial charge in [0.25, 0.3) is 0 Å². The molecule has 1 heterocycles. The first-order valence-corrected chi connectivity index (χ1v) is 7.61. The summed E-state index contributed by atoms with van der Waals surface area (Å²) in [6.07, 6.45) is 5.26. The number of nitrogens with two attached hydrogens (primary N) is 1. The predicted molar refractivity (Wildman–Crippen MR) is 79.8 cm³/mol. The summed E-state index contributed by atoms with van der Waals surface area (Å²) in [5.74, 6) is 1.49. The number of rotatable bonds is 7. The van der Waals surface area contributed by atoms with Crippen LogP contribution in [-0.2, 0) is 0 Å². The highest BCUT2D eigenvalue weighted by molar-refractivity contribution is 4.78. The van der Waals surface area contributed by atoms with Gasteiger partial charge >= 0.3 is 0 Å². The van der Waals surface area contributed by atoms with E-state index in [0.29, 0.717) is 5.92 Å². The Kier molecular flexibility index (Phi) is 7.20. The van der Waals surface area contributed by atoms with Gasteiger partial charge in [-0.25, -0.2) is 0 Å². The number of nitrogens with zero attached hydrogens (tertiary/aromatic N) is 2. The SMILES string of the molecule is CC(C)CC(CN)CCN1CCCC(N(C)C)C1. The molecule has 1 saturated heterocycles. The molecule has 0 aromatic rings. The van der Waals surface area contributed by atoms with Gasteiger partial charge in [0, 0.05) is 12.6 Å². The van der Waals surface area contributed by atoms with Crippen molar-refractivity contribution in [3.05, 3.63) is 0 Å². The van der Waals surface area contributed by atoms with Gasteiger partial charge in [-0.3, -0.25) is 0 Å². The van der Waals surface area contributed by atoms with Gasteiger partial charge in [0.2, 0.25) is 0 Å². The minimum atomic E-state index is 0.713. The van der Waals surface area contributed by atoms with Crippen molar-refractivity contribution in [1.82, 2.24) is 9.80 Å². The predicted octanol–water partition coefficient (Wildman–Crippen LogP) is 2.02. The van der Waals surface area contributed by atoms with Crippen molar-refractivity contribution >= 4 is 0 Å². The summed E-state index contributed by atoms with van der Waals surface area (Å²) < 4.78 is 0. The van der Waals surface area contributed by atoms with Crippen LogP contribution in [0.2, 0.25) is 0 Å². The maximum atomic E-state index is 5.89. The van der Waals surface area contributed by atoms with Crippen molar-refractivity contribution in [3.63, 3.8) is 0 Å². The van der Waals surface area contributed by atoms with Crippen LogP contribution in [0.5, 0.6) is 0 Å². The summed E-state index contributed by atoms with van der Waals surface area (Å²) >= 11 is 0. The molecule has 0 aromatic heterocycles. The molecule has 2 unspecified atom stereocenters. The molecule has 0 aromatic carbocycles. The quantitative estimate of drug-likeness (QED) is 0.755. The number of piperidine rings is 1. The fraction of sp³-hybridized carbons (Fsp3) is 1.00. The highest BCUT2D eigenvalue weighted by atomic mass is 15.2. The molecule has 1 rings (SSSR count). The molecule has 1 aliphatic rings. The van der Waals surface area contributed by atoms with Crippen molar-refractivity contribution in [3.8, 4) is 0 Å². The Morgan fingerprint density at radius 1 is 1.33 bits per heavy atom. The highest BCUT2D eigenvalue weighted by Gasteiger charge is 2.21. The first-order valence-electron chi connectivity index (χ1n) is 7.61. The van der Waals surface area contributed by atoms with Crippen molar-refractivity contribution in [2.24, 2.45) is 17.6 Å². The number of likely N-dealkylation sites (N-methyl/N-ethyl adjacent to an activating group) is 1. The van der Waals surface area contributed by atoms with E-state index in [0.717, 1.165) is 18.5 Å². The fourth-order valence-electron chi connectivity index (χ4n) is 3.02. The molecule has 1 aliphatic heterocycles. The van der Waals surface area contributed by atoms with Gasteiger partial charge in [-0.15, -0.1) is 0 Å². The molecule has 0 bridgehead atoms. The molecule has 0 radical (unpaired) electrons. The average molecular weight is 255 g/mol. The maximum absolute atomic E-state index is 5.89. The van der Waals surface area contributed by atoms with Crippen LogP contribution in [-0.4, -0.2) is 56.1 Å². The lowest BCUT2D eigenvalue weighted by molar-refractivity contribution is 0.126. The summed E-state index contributed by atoms with van der Waals surface area (Å²) in [7, 11) is 4.41.